The zero-order valence-electron chi connectivity index (χ0n) is 11.6. The van der Waals surface area contributed by atoms with Crippen LogP contribution in [0, 0.1) is 0 Å². The molecular weight excluding hydrogens is 330 g/mol. The maximum absolute atomic E-state index is 11.4. The van der Waals surface area contributed by atoms with E-state index in [1.807, 2.05) is 0 Å². The molecule has 0 spiro atoms. The third-order valence-corrected chi connectivity index (χ3v) is 1.55. The molecular formula is C10H14F6O6. The second kappa shape index (κ2) is 9.46. The molecule has 0 aliphatic carbocycles. The summed E-state index contributed by atoms with van der Waals surface area (Å²) in [6.07, 6.45) is -13.2. The predicted molar refractivity (Wildman–Crippen MR) is 57.2 cm³/mol. The van der Waals surface area contributed by atoms with E-state index in [1.165, 1.54) is 6.92 Å². The van der Waals surface area contributed by atoms with Crippen molar-refractivity contribution in [3.8, 4) is 0 Å². The number of rotatable bonds is 5. The number of esters is 1. The molecule has 0 aromatic carbocycles. The number of alkyl halides is 6. The Morgan fingerprint density at radius 1 is 1.05 bits per heavy atom. The summed E-state index contributed by atoms with van der Waals surface area (Å²) in [5.41, 5.74) is 0. The van der Waals surface area contributed by atoms with E-state index in [4.69, 9.17) is 5.11 Å². The van der Waals surface area contributed by atoms with Crippen LogP contribution in [-0.2, 0) is 23.8 Å². The largest absolute Gasteiger partial charge is 0.525 e. The summed E-state index contributed by atoms with van der Waals surface area (Å²) in [6, 6.07) is 0. The molecule has 12 heteroatoms. The highest BCUT2D eigenvalue weighted by atomic mass is 19.4. The third-order valence-electron chi connectivity index (χ3n) is 1.55. The van der Waals surface area contributed by atoms with Crippen LogP contribution in [0.25, 0.3) is 0 Å². The van der Waals surface area contributed by atoms with Gasteiger partial charge in [0.2, 0.25) is 6.29 Å². The predicted octanol–water partition coefficient (Wildman–Crippen LogP) is 2.82. The summed E-state index contributed by atoms with van der Waals surface area (Å²) in [5, 5.41) is 8.11. The van der Waals surface area contributed by atoms with Gasteiger partial charge in [-0.3, -0.25) is 14.3 Å². The lowest BCUT2D eigenvalue weighted by Crippen LogP contribution is -2.30. The van der Waals surface area contributed by atoms with Gasteiger partial charge in [-0.05, 0) is 13.3 Å². The number of halogens is 6. The Balaban J connectivity index is 0. The first kappa shape index (κ1) is 22.7. The summed E-state index contributed by atoms with van der Waals surface area (Å²) in [4.78, 5) is 20.1. The lowest BCUT2D eigenvalue weighted by atomic mass is 10.3. The highest BCUT2D eigenvalue weighted by molar-refractivity contribution is 5.72. The number of carboxylic acid groups (broad SMARTS) is 1. The van der Waals surface area contributed by atoms with Gasteiger partial charge in [-0.15, -0.1) is 26.3 Å². The van der Waals surface area contributed by atoms with Crippen LogP contribution in [0.15, 0.2) is 0 Å². The molecule has 0 saturated carbocycles. The van der Waals surface area contributed by atoms with Crippen molar-refractivity contribution in [1.82, 2.24) is 0 Å². The van der Waals surface area contributed by atoms with Crippen molar-refractivity contribution in [3.63, 3.8) is 0 Å². The number of hydrogen-bond donors (Lipinski definition) is 1. The van der Waals surface area contributed by atoms with Crippen LogP contribution in [0.2, 0.25) is 0 Å². The van der Waals surface area contributed by atoms with E-state index >= 15 is 0 Å². The molecule has 0 bridgehead atoms. The second-order valence-corrected chi connectivity index (χ2v) is 3.54. The van der Waals surface area contributed by atoms with Crippen LogP contribution < -0.4 is 0 Å². The van der Waals surface area contributed by atoms with Gasteiger partial charge in [0.25, 0.3) is 0 Å². The molecule has 0 aromatic heterocycles. The highest BCUT2D eigenvalue weighted by Gasteiger charge is 2.35. The molecule has 0 aliphatic rings. The summed E-state index contributed by atoms with van der Waals surface area (Å²) in [5.74, 6) is -2.42. The minimum atomic E-state index is -4.88. The summed E-state index contributed by atoms with van der Waals surface area (Å²) < 4.78 is 78.7. The lowest BCUT2D eigenvalue weighted by Gasteiger charge is -2.13. The Hall–Kier alpha value is -1.56. The van der Waals surface area contributed by atoms with Gasteiger partial charge < -0.3 is 9.84 Å². The Morgan fingerprint density at radius 3 is 1.64 bits per heavy atom. The molecule has 0 aliphatic heterocycles. The van der Waals surface area contributed by atoms with Crippen molar-refractivity contribution >= 4 is 11.9 Å². The van der Waals surface area contributed by atoms with Gasteiger partial charge in [0, 0.05) is 6.92 Å². The number of ether oxygens (including phenoxy) is 3. The van der Waals surface area contributed by atoms with Crippen LogP contribution >= 0.6 is 0 Å². The number of carboxylic acids is 1. The third kappa shape index (κ3) is 16.5. The number of carbonyl (C=O) groups is 2. The number of hydrogen-bond acceptors (Lipinski definition) is 5. The molecule has 22 heavy (non-hydrogen) atoms. The first-order valence-electron chi connectivity index (χ1n) is 5.57. The average Bonchev–Trinajstić information content (AvgIpc) is 2.21. The second-order valence-electron chi connectivity index (χ2n) is 3.54. The van der Waals surface area contributed by atoms with E-state index in [0.29, 0.717) is 0 Å². The van der Waals surface area contributed by atoms with Crippen molar-refractivity contribution in [3.05, 3.63) is 0 Å². The molecule has 0 saturated heterocycles. The first-order valence-corrected chi connectivity index (χ1v) is 5.57. The smallest absolute Gasteiger partial charge is 0.479 e. The van der Waals surface area contributed by atoms with Crippen molar-refractivity contribution in [2.24, 2.45) is 0 Å². The number of aliphatic carboxylic acids is 1. The van der Waals surface area contributed by atoms with Crippen LogP contribution in [-0.4, -0.2) is 42.2 Å². The van der Waals surface area contributed by atoms with Crippen LogP contribution in [0.1, 0.15) is 27.2 Å². The van der Waals surface area contributed by atoms with E-state index in [2.05, 4.69) is 14.2 Å². The van der Waals surface area contributed by atoms with Crippen LogP contribution in [0.3, 0.4) is 0 Å². The van der Waals surface area contributed by atoms with E-state index < -0.39 is 37.1 Å². The highest BCUT2D eigenvalue weighted by Crippen LogP contribution is 2.20. The monoisotopic (exact) mass is 344 g/mol. The fourth-order valence-electron chi connectivity index (χ4n) is 0.916. The first-order chi connectivity index (χ1) is 9.68. The van der Waals surface area contributed by atoms with Crippen molar-refractivity contribution < 1.29 is 55.2 Å². The molecule has 0 amide bonds. The Labute approximate surface area is 120 Å². The van der Waals surface area contributed by atoms with Gasteiger partial charge in [0.05, 0.1) is 0 Å². The molecule has 0 radical (unpaired) electrons. The maximum Gasteiger partial charge on any atom is 0.525 e. The molecule has 0 heterocycles. The Morgan fingerprint density at radius 2 is 1.45 bits per heavy atom. The van der Waals surface area contributed by atoms with Crippen molar-refractivity contribution in [2.45, 2.75) is 52.3 Å². The van der Waals surface area contributed by atoms with Gasteiger partial charge in [-0.2, -0.15) is 0 Å². The van der Waals surface area contributed by atoms with E-state index in [9.17, 15) is 35.9 Å². The Bertz CT molecular complexity index is 353. The molecule has 0 rings (SSSR count). The standard InChI is InChI=1S/2C5H7F3O3/c1-3(9)10-4(2)11-5(6,7)8;1-2-3(4(9)10)11-5(6,7)8/h4H,1-2H3;3H,2H2,1H3,(H,9,10). The molecule has 6 nitrogen and oxygen atoms in total. The summed E-state index contributed by atoms with van der Waals surface area (Å²) in [6.45, 7) is 3.27. The SMILES string of the molecule is CC(=O)OC(C)OC(F)(F)F.CCC(OC(F)(F)F)C(=O)O. The topological polar surface area (TPSA) is 82.1 Å². The van der Waals surface area contributed by atoms with Crippen LogP contribution in [0.5, 0.6) is 0 Å². The lowest BCUT2D eigenvalue weighted by molar-refractivity contribution is -0.368. The average molecular weight is 344 g/mol. The van der Waals surface area contributed by atoms with E-state index in [-0.39, 0.29) is 6.42 Å². The van der Waals surface area contributed by atoms with Crippen LogP contribution in [0.4, 0.5) is 26.3 Å². The Kier molecular flexibility index (Phi) is 9.76. The molecule has 2 atom stereocenters. The van der Waals surface area contributed by atoms with Crippen molar-refractivity contribution in [1.29, 1.82) is 0 Å². The summed E-state index contributed by atoms with van der Waals surface area (Å²) >= 11 is 0. The van der Waals surface area contributed by atoms with Gasteiger partial charge >= 0.3 is 24.7 Å². The van der Waals surface area contributed by atoms with E-state index in [0.717, 1.165) is 13.8 Å². The normalized spacial score (nSPS) is 14.4. The zero-order valence-corrected chi connectivity index (χ0v) is 11.6. The molecule has 1 N–H and O–H groups in total. The fourth-order valence-corrected chi connectivity index (χ4v) is 0.916. The van der Waals surface area contributed by atoms with Gasteiger partial charge in [-0.25, -0.2) is 4.79 Å². The van der Waals surface area contributed by atoms with E-state index in [1.54, 1.807) is 0 Å². The number of carbonyl (C=O) groups excluding carboxylic acids is 1. The minimum Gasteiger partial charge on any atom is -0.479 e. The summed E-state index contributed by atoms with van der Waals surface area (Å²) in [7, 11) is 0. The zero-order chi connectivity index (χ0) is 18.1. The molecule has 2 unspecified atom stereocenters. The molecule has 0 aromatic rings. The maximum atomic E-state index is 11.4. The van der Waals surface area contributed by atoms with Gasteiger partial charge in [-0.1, -0.05) is 6.92 Å². The van der Waals surface area contributed by atoms with Gasteiger partial charge in [0.15, 0.2) is 6.10 Å². The molecule has 132 valence electrons. The molecule has 0 fully saturated rings. The van der Waals surface area contributed by atoms with Crippen molar-refractivity contribution in [2.75, 3.05) is 0 Å². The quantitative estimate of drug-likeness (QED) is 0.469. The van der Waals surface area contributed by atoms with Gasteiger partial charge in [0.1, 0.15) is 0 Å². The minimum absolute atomic E-state index is 0.213. The fraction of sp³-hybridized carbons (Fsp3) is 0.800.